The largest absolute Gasteiger partial charge is 0.220 e. The normalized spacial score (nSPS) is 12.2. The second-order valence-electron chi connectivity index (χ2n) is 9.83. The SMILES string of the molecule is [2H]c1c(C)[n+](C)c(-c2ccc(-c3ccccc3)cc2C)c2ccc(C(C(C)C)C(C)C)cc12. The number of fused-ring (bicyclic) bond motifs is 1. The standard InChI is InChI=1S/C31H36N/c1-20(2)30(21(3)4)26-14-16-29-27(19-26)18-23(6)32(7)31(29)28-15-13-25(17-22(28)5)24-11-9-8-10-12-24/h8-21,30H,1-7H3/q+1/i18D. The van der Waals surface area contributed by atoms with E-state index >= 15 is 0 Å². The van der Waals surface area contributed by atoms with Crippen LogP contribution in [0.5, 0.6) is 0 Å². The summed E-state index contributed by atoms with van der Waals surface area (Å²) in [7, 11) is 2.09. The van der Waals surface area contributed by atoms with E-state index in [0.717, 1.165) is 16.5 Å². The quantitative estimate of drug-likeness (QED) is 0.286. The molecule has 0 fully saturated rings. The third-order valence-corrected chi connectivity index (χ3v) is 6.86. The second kappa shape index (κ2) is 8.90. The highest BCUT2D eigenvalue weighted by molar-refractivity contribution is 5.94. The highest BCUT2D eigenvalue weighted by Crippen LogP contribution is 2.36. The minimum atomic E-state index is 0.485. The van der Waals surface area contributed by atoms with Crippen LogP contribution in [0.1, 0.15) is 51.8 Å². The third kappa shape index (κ3) is 4.09. The summed E-state index contributed by atoms with van der Waals surface area (Å²) in [5, 5.41) is 2.20. The van der Waals surface area contributed by atoms with E-state index in [4.69, 9.17) is 1.37 Å². The van der Waals surface area contributed by atoms with Crippen molar-refractivity contribution in [3.8, 4) is 22.4 Å². The molecule has 0 radical (unpaired) electrons. The average molecular weight is 424 g/mol. The first-order valence-corrected chi connectivity index (χ1v) is 11.8. The van der Waals surface area contributed by atoms with Gasteiger partial charge in [0, 0.05) is 18.5 Å². The summed E-state index contributed by atoms with van der Waals surface area (Å²) < 4.78 is 11.1. The van der Waals surface area contributed by atoms with Crippen LogP contribution in [-0.4, -0.2) is 0 Å². The van der Waals surface area contributed by atoms with Crippen molar-refractivity contribution in [1.82, 2.24) is 0 Å². The Hall–Kier alpha value is -2.93. The zero-order valence-electron chi connectivity index (χ0n) is 21.5. The van der Waals surface area contributed by atoms with Crippen molar-refractivity contribution < 1.29 is 5.94 Å². The van der Waals surface area contributed by atoms with Gasteiger partial charge in [0.2, 0.25) is 5.69 Å². The molecule has 0 amide bonds. The van der Waals surface area contributed by atoms with E-state index in [1.807, 2.05) is 0 Å². The van der Waals surface area contributed by atoms with Crippen molar-refractivity contribution in [2.75, 3.05) is 0 Å². The van der Waals surface area contributed by atoms with Crippen LogP contribution in [0.15, 0.2) is 72.8 Å². The molecule has 1 heterocycles. The van der Waals surface area contributed by atoms with Crippen LogP contribution in [0.4, 0.5) is 0 Å². The van der Waals surface area contributed by atoms with Gasteiger partial charge in [-0.25, -0.2) is 0 Å². The molecule has 4 rings (SSSR count). The number of pyridine rings is 1. The van der Waals surface area contributed by atoms with Crippen LogP contribution < -0.4 is 4.57 Å². The molecule has 0 bridgehead atoms. The van der Waals surface area contributed by atoms with Gasteiger partial charge in [-0.2, -0.15) is 4.57 Å². The fourth-order valence-electron chi connectivity index (χ4n) is 5.31. The first-order chi connectivity index (χ1) is 15.7. The lowest BCUT2D eigenvalue weighted by atomic mass is 9.79. The minimum Gasteiger partial charge on any atom is -0.198 e. The van der Waals surface area contributed by atoms with Gasteiger partial charge >= 0.3 is 0 Å². The molecule has 0 spiro atoms. The number of hydrogen-bond donors (Lipinski definition) is 0. The van der Waals surface area contributed by atoms with E-state index in [-0.39, 0.29) is 0 Å². The summed E-state index contributed by atoms with van der Waals surface area (Å²) in [5.74, 6) is 1.60. The predicted molar refractivity (Wildman–Crippen MR) is 138 cm³/mol. The van der Waals surface area contributed by atoms with Gasteiger partial charge in [-0.1, -0.05) is 82.3 Å². The molecule has 0 atom stereocenters. The van der Waals surface area contributed by atoms with Gasteiger partial charge in [-0.05, 0) is 64.5 Å². The smallest absolute Gasteiger partial charge is 0.198 e. The molecule has 1 heteroatoms. The minimum absolute atomic E-state index is 0.485. The number of nitrogens with zero attached hydrogens (tertiary/aromatic N) is 1. The molecule has 0 aliphatic carbocycles. The molecule has 1 aromatic heterocycles. The zero-order chi connectivity index (χ0) is 23.9. The summed E-state index contributed by atoms with van der Waals surface area (Å²) in [6.45, 7) is 13.5. The monoisotopic (exact) mass is 423 g/mol. The number of benzene rings is 3. The molecule has 0 N–H and O–H groups in total. The molecule has 0 saturated carbocycles. The Morgan fingerprint density at radius 2 is 1.47 bits per heavy atom. The topological polar surface area (TPSA) is 3.88 Å². The van der Waals surface area contributed by atoms with Gasteiger partial charge in [0.05, 0.1) is 6.76 Å². The lowest BCUT2D eigenvalue weighted by molar-refractivity contribution is -0.665. The fraction of sp³-hybridized carbons (Fsp3) is 0.323. The summed E-state index contributed by atoms with van der Waals surface area (Å²) in [6, 6.07) is 24.7. The van der Waals surface area contributed by atoms with Crippen molar-refractivity contribution in [2.24, 2.45) is 18.9 Å². The van der Waals surface area contributed by atoms with Gasteiger partial charge in [0.25, 0.3) is 0 Å². The van der Waals surface area contributed by atoms with Crippen molar-refractivity contribution >= 4 is 10.8 Å². The molecule has 3 aromatic carbocycles. The highest BCUT2D eigenvalue weighted by atomic mass is 14.9. The van der Waals surface area contributed by atoms with Crippen LogP contribution >= 0.6 is 0 Å². The van der Waals surface area contributed by atoms with E-state index in [1.165, 1.54) is 33.5 Å². The Kier molecular flexibility index (Phi) is 5.83. The molecule has 0 saturated heterocycles. The number of aromatic nitrogens is 1. The summed E-state index contributed by atoms with van der Waals surface area (Å²) >= 11 is 0. The number of rotatable bonds is 5. The second-order valence-corrected chi connectivity index (χ2v) is 9.83. The third-order valence-electron chi connectivity index (χ3n) is 6.86. The Morgan fingerprint density at radius 3 is 2.09 bits per heavy atom. The van der Waals surface area contributed by atoms with Crippen molar-refractivity contribution in [2.45, 2.75) is 47.5 Å². The van der Waals surface area contributed by atoms with Gasteiger partial charge in [0.15, 0.2) is 5.69 Å². The maximum Gasteiger partial charge on any atom is 0.220 e. The van der Waals surface area contributed by atoms with Crippen LogP contribution in [0.2, 0.25) is 0 Å². The van der Waals surface area contributed by atoms with Crippen LogP contribution in [0.3, 0.4) is 0 Å². The first kappa shape index (κ1) is 20.9. The predicted octanol–water partition coefficient (Wildman–Crippen LogP) is 8.01. The van der Waals surface area contributed by atoms with Crippen LogP contribution in [0.25, 0.3) is 33.2 Å². The lowest BCUT2D eigenvalue weighted by Gasteiger charge is -2.25. The lowest BCUT2D eigenvalue weighted by Crippen LogP contribution is -2.35. The van der Waals surface area contributed by atoms with Gasteiger partial charge < -0.3 is 0 Å². The van der Waals surface area contributed by atoms with E-state index < -0.39 is 0 Å². The number of aryl methyl sites for hydroxylation is 1. The van der Waals surface area contributed by atoms with E-state index in [1.54, 1.807) is 0 Å². The summed E-state index contributed by atoms with van der Waals surface area (Å²) in [5.41, 5.74) is 8.46. The van der Waals surface area contributed by atoms with Crippen molar-refractivity contribution in [1.29, 1.82) is 0 Å². The Balaban J connectivity index is 1.93. The van der Waals surface area contributed by atoms with E-state index in [2.05, 4.69) is 120 Å². The Bertz CT molecular complexity index is 1290. The van der Waals surface area contributed by atoms with Crippen molar-refractivity contribution in [3.63, 3.8) is 0 Å². The molecular formula is C31H36N+. The van der Waals surface area contributed by atoms with Gasteiger partial charge in [0.1, 0.15) is 7.05 Å². The molecule has 4 aromatic rings. The highest BCUT2D eigenvalue weighted by Gasteiger charge is 2.23. The van der Waals surface area contributed by atoms with E-state index in [9.17, 15) is 0 Å². The molecule has 0 unspecified atom stereocenters. The molecule has 32 heavy (non-hydrogen) atoms. The fourth-order valence-corrected chi connectivity index (χ4v) is 5.31. The average Bonchev–Trinajstić information content (AvgIpc) is 2.79. The van der Waals surface area contributed by atoms with Crippen LogP contribution in [-0.2, 0) is 7.05 Å². The molecule has 0 aliphatic heterocycles. The van der Waals surface area contributed by atoms with Gasteiger partial charge in [-0.15, -0.1) is 0 Å². The summed E-state index contributed by atoms with van der Waals surface area (Å²) in [6.07, 6.45) is 0. The molecular weight excluding hydrogens is 386 g/mol. The molecule has 1 nitrogen and oxygen atoms in total. The summed E-state index contributed by atoms with van der Waals surface area (Å²) in [4.78, 5) is 0. The zero-order valence-corrected chi connectivity index (χ0v) is 20.5. The van der Waals surface area contributed by atoms with Crippen molar-refractivity contribution in [3.05, 3.63) is 89.6 Å². The number of hydrogen-bond acceptors (Lipinski definition) is 0. The maximum absolute atomic E-state index is 8.92. The Morgan fingerprint density at radius 1 is 0.781 bits per heavy atom. The first-order valence-electron chi connectivity index (χ1n) is 12.3. The molecule has 164 valence electrons. The van der Waals surface area contributed by atoms with E-state index in [0.29, 0.717) is 23.8 Å². The van der Waals surface area contributed by atoms with Crippen LogP contribution in [0, 0.1) is 25.7 Å². The Labute approximate surface area is 195 Å². The molecule has 0 aliphatic rings. The van der Waals surface area contributed by atoms with Gasteiger partial charge in [-0.3, -0.25) is 0 Å². The maximum atomic E-state index is 8.92.